The van der Waals surface area contributed by atoms with E-state index in [0.717, 1.165) is 17.2 Å². The van der Waals surface area contributed by atoms with E-state index in [-0.39, 0.29) is 0 Å². The van der Waals surface area contributed by atoms with Gasteiger partial charge in [-0.3, -0.25) is 0 Å². The minimum absolute atomic E-state index is 0.497. The number of anilines is 1. The number of thiazole rings is 1. The van der Waals surface area contributed by atoms with Crippen molar-refractivity contribution in [3.05, 3.63) is 70.7 Å². The molecule has 0 fully saturated rings. The van der Waals surface area contributed by atoms with Crippen LogP contribution in [0.1, 0.15) is 56.4 Å². The molecule has 0 aliphatic rings. The molecule has 2 nitrogen and oxygen atoms in total. The molecule has 0 spiro atoms. The Balaban J connectivity index is 1.81. The predicted octanol–water partition coefficient (Wildman–Crippen LogP) is 6.67. The molecular weight excluding hydrogens is 324 g/mol. The van der Waals surface area contributed by atoms with Crippen LogP contribution in [0.15, 0.2) is 53.9 Å². The van der Waals surface area contributed by atoms with Crippen molar-refractivity contribution in [2.45, 2.75) is 46.1 Å². The number of aromatic nitrogens is 1. The third kappa shape index (κ3) is 4.10. The maximum Gasteiger partial charge on any atom is 0.123 e. The van der Waals surface area contributed by atoms with Crippen molar-refractivity contribution in [1.29, 1.82) is 0 Å². The normalized spacial score (nSPS) is 11.3. The van der Waals surface area contributed by atoms with Crippen molar-refractivity contribution in [1.82, 2.24) is 4.98 Å². The maximum absolute atomic E-state index is 4.80. The average molecular weight is 351 g/mol. The number of hydrogen-bond donors (Lipinski definition) is 1. The molecule has 3 rings (SSSR count). The van der Waals surface area contributed by atoms with Crippen LogP contribution in [0.4, 0.5) is 5.69 Å². The van der Waals surface area contributed by atoms with Crippen molar-refractivity contribution in [3.63, 3.8) is 0 Å². The van der Waals surface area contributed by atoms with E-state index in [0.29, 0.717) is 11.8 Å². The molecule has 0 aliphatic heterocycles. The SMILES string of the molecule is CC(C)c1cccc(C(C)C)c1NCc1csc(-c2ccccc2)n1. The molecule has 0 radical (unpaired) electrons. The Labute approximate surface area is 155 Å². The zero-order valence-corrected chi connectivity index (χ0v) is 16.2. The Morgan fingerprint density at radius 3 is 2.12 bits per heavy atom. The van der Waals surface area contributed by atoms with E-state index >= 15 is 0 Å². The summed E-state index contributed by atoms with van der Waals surface area (Å²) in [6.45, 7) is 9.76. The first-order valence-electron chi connectivity index (χ1n) is 8.92. The number of nitrogens with one attached hydrogen (secondary N) is 1. The number of benzene rings is 2. The molecule has 130 valence electrons. The highest BCUT2D eigenvalue weighted by atomic mass is 32.1. The fourth-order valence-electron chi connectivity index (χ4n) is 3.04. The van der Waals surface area contributed by atoms with Gasteiger partial charge in [0.05, 0.1) is 12.2 Å². The van der Waals surface area contributed by atoms with Gasteiger partial charge in [-0.1, -0.05) is 76.2 Å². The summed E-state index contributed by atoms with van der Waals surface area (Å²) in [6, 6.07) is 17.0. The lowest BCUT2D eigenvalue weighted by molar-refractivity contribution is 0.832. The van der Waals surface area contributed by atoms with Crippen molar-refractivity contribution < 1.29 is 0 Å². The van der Waals surface area contributed by atoms with Crippen LogP contribution in [0.2, 0.25) is 0 Å². The van der Waals surface area contributed by atoms with Crippen LogP contribution in [0.3, 0.4) is 0 Å². The number of para-hydroxylation sites is 1. The lowest BCUT2D eigenvalue weighted by Crippen LogP contribution is -2.08. The standard InChI is InChI=1S/C22H26N2S/c1-15(2)19-11-8-12-20(16(3)4)21(19)23-13-18-14-25-22(24-18)17-9-6-5-7-10-17/h5-12,14-16,23H,13H2,1-4H3. The van der Waals surface area contributed by atoms with Gasteiger partial charge in [0, 0.05) is 16.6 Å². The van der Waals surface area contributed by atoms with E-state index in [2.05, 4.69) is 80.9 Å². The van der Waals surface area contributed by atoms with E-state index in [9.17, 15) is 0 Å². The van der Waals surface area contributed by atoms with Crippen LogP contribution < -0.4 is 5.32 Å². The van der Waals surface area contributed by atoms with Crippen LogP contribution in [0, 0.1) is 0 Å². The second kappa shape index (κ2) is 7.83. The molecule has 0 aliphatic carbocycles. The average Bonchev–Trinajstić information content (AvgIpc) is 3.09. The molecule has 0 saturated carbocycles. The van der Waals surface area contributed by atoms with E-state index in [4.69, 9.17) is 4.98 Å². The van der Waals surface area contributed by atoms with Gasteiger partial charge in [0.15, 0.2) is 0 Å². The summed E-state index contributed by atoms with van der Waals surface area (Å²) in [5.41, 5.74) is 6.32. The summed E-state index contributed by atoms with van der Waals surface area (Å²) < 4.78 is 0. The third-order valence-electron chi connectivity index (χ3n) is 4.39. The van der Waals surface area contributed by atoms with Gasteiger partial charge >= 0.3 is 0 Å². The Hall–Kier alpha value is -2.13. The molecule has 1 aromatic heterocycles. The number of rotatable bonds is 6. The van der Waals surface area contributed by atoms with Crippen molar-refractivity contribution >= 4 is 17.0 Å². The van der Waals surface area contributed by atoms with Crippen LogP contribution in [0.25, 0.3) is 10.6 Å². The summed E-state index contributed by atoms with van der Waals surface area (Å²) >= 11 is 1.71. The number of hydrogen-bond acceptors (Lipinski definition) is 3. The molecule has 0 atom stereocenters. The molecule has 1 N–H and O–H groups in total. The molecule has 3 aromatic rings. The van der Waals surface area contributed by atoms with Crippen LogP contribution in [0.5, 0.6) is 0 Å². The highest BCUT2D eigenvalue weighted by Gasteiger charge is 2.14. The minimum atomic E-state index is 0.497. The number of nitrogens with zero attached hydrogens (tertiary/aromatic N) is 1. The van der Waals surface area contributed by atoms with Gasteiger partial charge in [-0.2, -0.15) is 0 Å². The minimum Gasteiger partial charge on any atom is -0.379 e. The van der Waals surface area contributed by atoms with E-state index in [1.165, 1.54) is 22.4 Å². The quantitative estimate of drug-likeness (QED) is 0.537. The molecule has 3 heteroatoms. The largest absolute Gasteiger partial charge is 0.379 e. The lowest BCUT2D eigenvalue weighted by Gasteiger charge is -2.20. The molecular formula is C22H26N2S. The van der Waals surface area contributed by atoms with Crippen molar-refractivity contribution in [2.75, 3.05) is 5.32 Å². The Kier molecular flexibility index (Phi) is 5.54. The molecule has 0 saturated heterocycles. The molecule has 25 heavy (non-hydrogen) atoms. The smallest absolute Gasteiger partial charge is 0.123 e. The van der Waals surface area contributed by atoms with Gasteiger partial charge in [0.25, 0.3) is 0 Å². The fraction of sp³-hybridized carbons (Fsp3) is 0.318. The van der Waals surface area contributed by atoms with Crippen molar-refractivity contribution in [3.8, 4) is 10.6 Å². The molecule has 1 heterocycles. The summed E-state index contributed by atoms with van der Waals surface area (Å²) in [5.74, 6) is 0.994. The van der Waals surface area contributed by atoms with Gasteiger partial charge < -0.3 is 5.32 Å². The van der Waals surface area contributed by atoms with Gasteiger partial charge in [0.1, 0.15) is 5.01 Å². The van der Waals surface area contributed by atoms with Crippen LogP contribution in [-0.2, 0) is 6.54 Å². The van der Waals surface area contributed by atoms with Gasteiger partial charge in [0.2, 0.25) is 0 Å². The summed E-state index contributed by atoms with van der Waals surface area (Å²) in [7, 11) is 0. The second-order valence-corrected chi connectivity index (χ2v) is 7.84. The van der Waals surface area contributed by atoms with Crippen LogP contribution >= 0.6 is 11.3 Å². The van der Waals surface area contributed by atoms with Crippen LogP contribution in [-0.4, -0.2) is 4.98 Å². The predicted molar refractivity (Wildman–Crippen MR) is 109 cm³/mol. The summed E-state index contributed by atoms with van der Waals surface area (Å²) in [6.07, 6.45) is 0. The van der Waals surface area contributed by atoms with E-state index < -0.39 is 0 Å². The first-order valence-corrected chi connectivity index (χ1v) is 9.80. The fourth-order valence-corrected chi connectivity index (χ4v) is 3.86. The maximum atomic E-state index is 4.80. The Bertz CT molecular complexity index is 793. The summed E-state index contributed by atoms with van der Waals surface area (Å²) in [4.78, 5) is 4.80. The second-order valence-electron chi connectivity index (χ2n) is 6.98. The Morgan fingerprint density at radius 2 is 1.52 bits per heavy atom. The third-order valence-corrected chi connectivity index (χ3v) is 5.33. The monoisotopic (exact) mass is 350 g/mol. The molecule has 0 unspecified atom stereocenters. The molecule has 2 aromatic carbocycles. The lowest BCUT2D eigenvalue weighted by atomic mass is 9.92. The first-order chi connectivity index (χ1) is 12.1. The molecule has 0 bridgehead atoms. The Morgan fingerprint density at radius 1 is 0.880 bits per heavy atom. The first kappa shape index (κ1) is 17.7. The zero-order valence-electron chi connectivity index (χ0n) is 15.4. The highest BCUT2D eigenvalue weighted by Crippen LogP contribution is 2.33. The summed E-state index contributed by atoms with van der Waals surface area (Å²) in [5, 5.41) is 6.91. The van der Waals surface area contributed by atoms with Gasteiger partial charge in [-0.25, -0.2) is 4.98 Å². The van der Waals surface area contributed by atoms with E-state index in [1.54, 1.807) is 11.3 Å². The highest BCUT2D eigenvalue weighted by molar-refractivity contribution is 7.13. The topological polar surface area (TPSA) is 24.9 Å². The van der Waals surface area contributed by atoms with Crippen molar-refractivity contribution in [2.24, 2.45) is 0 Å². The van der Waals surface area contributed by atoms with Gasteiger partial charge in [-0.05, 0) is 23.0 Å². The molecule has 0 amide bonds. The van der Waals surface area contributed by atoms with Gasteiger partial charge in [-0.15, -0.1) is 11.3 Å². The zero-order chi connectivity index (χ0) is 17.8. The van der Waals surface area contributed by atoms with E-state index in [1.807, 2.05) is 6.07 Å².